The number of carbonyl (C=O) groups excluding carboxylic acids is 1. The van der Waals surface area contributed by atoms with Crippen LogP contribution in [-0.4, -0.2) is 29.4 Å². The van der Waals surface area contributed by atoms with E-state index < -0.39 is 23.3 Å². The van der Waals surface area contributed by atoms with E-state index in [1.807, 2.05) is 72.9 Å². The predicted octanol–water partition coefficient (Wildman–Crippen LogP) is 3.30. The number of rotatable bonds is 5. The molecule has 0 bridgehead atoms. The van der Waals surface area contributed by atoms with E-state index in [-0.39, 0.29) is 6.04 Å². The Morgan fingerprint density at radius 3 is 2.00 bits per heavy atom. The molecule has 1 rings (SSSR count). The van der Waals surface area contributed by atoms with Crippen LogP contribution in [0.2, 0.25) is 0 Å². The first-order chi connectivity index (χ1) is 10.5. The third-order valence-corrected chi connectivity index (χ3v) is 3.81. The van der Waals surface area contributed by atoms with Crippen LogP contribution in [0.3, 0.4) is 0 Å². The van der Waals surface area contributed by atoms with Gasteiger partial charge in [-0.3, -0.25) is 0 Å². The molecule has 5 nitrogen and oxygen atoms in total. The average molecular weight is 322 g/mol. The molecule has 1 unspecified atom stereocenters. The molecule has 1 amide bonds. The summed E-state index contributed by atoms with van der Waals surface area (Å²) in [6.45, 7) is 11.3. The van der Waals surface area contributed by atoms with E-state index in [0.29, 0.717) is 0 Å². The van der Waals surface area contributed by atoms with Gasteiger partial charge in [0.05, 0.1) is 12.1 Å². The Hall–Kier alpha value is -1.59. The van der Waals surface area contributed by atoms with Crippen LogP contribution < -0.4 is 10.6 Å². The lowest BCUT2D eigenvalue weighted by Crippen LogP contribution is -2.42. The number of carbonyl (C=O) groups is 1. The Bertz CT molecular complexity index is 518. The molecule has 0 aliphatic rings. The molecule has 0 aliphatic carbocycles. The van der Waals surface area contributed by atoms with Crippen molar-refractivity contribution < 1.29 is 14.6 Å². The number of likely N-dealkylation sites (N-methyl/N-ethyl adjacent to an activating group) is 1. The molecule has 1 aromatic rings. The molecule has 0 saturated carbocycles. The van der Waals surface area contributed by atoms with Gasteiger partial charge in [-0.2, -0.15) is 0 Å². The Morgan fingerprint density at radius 2 is 1.57 bits per heavy atom. The number of nitrogens with one attached hydrogen (secondary N) is 2. The van der Waals surface area contributed by atoms with Gasteiger partial charge in [0, 0.05) is 5.54 Å². The molecule has 3 N–H and O–H groups in total. The second kappa shape index (κ2) is 7.32. The zero-order valence-electron chi connectivity index (χ0n) is 15.2. The summed E-state index contributed by atoms with van der Waals surface area (Å²) in [5.41, 5.74) is 0.852. The van der Waals surface area contributed by atoms with Crippen LogP contribution in [-0.2, 0) is 4.74 Å². The molecule has 0 heterocycles. The fraction of sp³-hybridized carbons (Fsp3) is 0.611. The maximum Gasteiger partial charge on any atom is 0.408 e. The van der Waals surface area contributed by atoms with Gasteiger partial charge in [0.1, 0.15) is 5.60 Å². The van der Waals surface area contributed by atoms with Crippen LogP contribution in [0.15, 0.2) is 24.3 Å². The average Bonchev–Trinajstić information content (AvgIpc) is 2.44. The van der Waals surface area contributed by atoms with Crippen molar-refractivity contribution in [2.45, 2.75) is 64.8 Å². The van der Waals surface area contributed by atoms with Crippen molar-refractivity contribution in [1.29, 1.82) is 0 Å². The van der Waals surface area contributed by atoms with Crippen molar-refractivity contribution in [3.05, 3.63) is 35.4 Å². The Labute approximate surface area is 139 Å². The molecule has 0 aromatic heterocycles. The largest absolute Gasteiger partial charge is 0.444 e. The monoisotopic (exact) mass is 322 g/mol. The van der Waals surface area contributed by atoms with Gasteiger partial charge in [-0.05, 0) is 59.7 Å². The number of aliphatic hydroxyl groups excluding tert-OH is 1. The lowest BCUT2D eigenvalue weighted by molar-refractivity contribution is 0.0508. The molecule has 5 heteroatoms. The van der Waals surface area contributed by atoms with Crippen molar-refractivity contribution in [1.82, 2.24) is 10.6 Å². The molecule has 0 fully saturated rings. The van der Waals surface area contributed by atoms with Crippen LogP contribution in [0.5, 0.6) is 0 Å². The quantitative estimate of drug-likeness (QED) is 0.778. The second-order valence-electron chi connectivity index (χ2n) is 7.41. The minimum Gasteiger partial charge on any atom is -0.444 e. The van der Waals surface area contributed by atoms with Gasteiger partial charge in [-0.25, -0.2) is 4.79 Å². The van der Waals surface area contributed by atoms with Gasteiger partial charge in [-0.1, -0.05) is 24.3 Å². The van der Waals surface area contributed by atoms with Crippen molar-refractivity contribution in [2.75, 3.05) is 7.05 Å². The van der Waals surface area contributed by atoms with Gasteiger partial charge in [0.25, 0.3) is 0 Å². The molecule has 23 heavy (non-hydrogen) atoms. The first kappa shape index (κ1) is 19.5. The van der Waals surface area contributed by atoms with E-state index in [4.69, 9.17) is 4.74 Å². The maximum absolute atomic E-state index is 11.8. The molecule has 0 aliphatic heterocycles. The lowest BCUT2D eigenvalue weighted by Gasteiger charge is -2.30. The number of hydrogen-bond acceptors (Lipinski definition) is 4. The molecular weight excluding hydrogens is 292 g/mol. The predicted molar refractivity (Wildman–Crippen MR) is 92.3 cm³/mol. The summed E-state index contributed by atoms with van der Waals surface area (Å²) < 4.78 is 5.25. The summed E-state index contributed by atoms with van der Waals surface area (Å²) in [4.78, 5) is 11.8. The fourth-order valence-electron chi connectivity index (χ4n) is 2.09. The van der Waals surface area contributed by atoms with Gasteiger partial charge >= 0.3 is 6.09 Å². The number of aliphatic hydroxyl groups is 1. The minimum absolute atomic E-state index is 0.173. The van der Waals surface area contributed by atoms with E-state index in [1.54, 1.807) is 0 Å². The van der Waals surface area contributed by atoms with Gasteiger partial charge in [-0.15, -0.1) is 0 Å². The Balaban J connectivity index is 2.75. The van der Waals surface area contributed by atoms with Crippen LogP contribution in [0, 0.1) is 0 Å². The van der Waals surface area contributed by atoms with E-state index in [2.05, 4.69) is 10.6 Å². The third kappa shape index (κ3) is 5.84. The van der Waals surface area contributed by atoms with Crippen LogP contribution in [0.4, 0.5) is 4.79 Å². The van der Waals surface area contributed by atoms with Crippen molar-refractivity contribution >= 4 is 6.09 Å². The van der Waals surface area contributed by atoms with Crippen molar-refractivity contribution in [3.8, 4) is 0 Å². The van der Waals surface area contributed by atoms with E-state index in [1.165, 1.54) is 0 Å². The van der Waals surface area contributed by atoms with Crippen LogP contribution in [0.25, 0.3) is 0 Å². The number of amides is 1. The smallest absolute Gasteiger partial charge is 0.408 e. The first-order valence-corrected chi connectivity index (χ1v) is 7.92. The SMILES string of the molecule is CNC(C)(C)C(O)c1ccc([C@H](C)NC(=O)OC(C)(C)C)cc1. The Morgan fingerprint density at radius 1 is 1.09 bits per heavy atom. The lowest BCUT2D eigenvalue weighted by atomic mass is 9.90. The highest BCUT2D eigenvalue weighted by molar-refractivity contribution is 5.68. The number of alkyl carbamates (subject to hydrolysis) is 1. The minimum atomic E-state index is -0.615. The molecule has 0 radical (unpaired) electrons. The summed E-state index contributed by atoms with van der Waals surface area (Å²) in [6.07, 6.45) is -1.05. The summed E-state index contributed by atoms with van der Waals surface area (Å²) in [7, 11) is 1.82. The second-order valence-corrected chi connectivity index (χ2v) is 7.41. The van der Waals surface area contributed by atoms with Gasteiger partial charge in [0.15, 0.2) is 0 Å². The fourth-order valence-corrected chi connectivity index (χ4v) is 2.09. The summed E-state index contributed by atoms with van der Waals surface area (Å²) in [5, 5.41) is 16.3. The third-order valence-electron chi connectivity index (χ3n) is 3.81. The molecule has 0 spiro atoms. The zero-order valence-corrected chi connectivity index (χ0v) is 15.2. The normalized spacial score (nSPS) is 15.0. The molecule has 0 saturated heterocycles. The molecule has 130 valence electrons. The van der Waals surface area contributed by atoms with Gasteiger partial charge in [0.2, 0.25) is 0 Å². The standard InChI is InChI=1S/C18H30N2O3/c1-12(20-16(22)23-17(2,3)4)13-8-10-14(11-9-13)15(21)18(5,6)19-7/h8-12,15,19,21H,1-7H3,(H,20,22)/t12-,15?/m0/s1. The zero-order chi connectivity index (χ0) is 17.8. The number of ether oxygens (including phenoxy) is 1. The summed E-state index contributed by atoms with van der Waals surface area (Å²) >= 11 is 0. The molecular formula is C18H30N2O3. The first-order valence-electron chi connectivity index (χ1n) is 7.92. The van der Waals surface area contributed by atoms with Gasteiger partial charge < -0.3 is 20.5 Å². The van der Waals surface area contributed by atoms with Crippen LogP contribution in [0.1, 0.15) is 64.8 Å². The topological polar surface area (TPSA) is 70.6 Å². The van der Waals surface area contributed by atoms with E-state index in [9.17, 15) is 9.90 Å². The van der Waals surface area contributed by atoms with Crippen molar-refractivity contribution in [2.24, 2.45) is 0 Å². The van der Waals surface area contributed by atoms with E-state index >= 15 is 0 Å². The number of hydrogen-bond donors (Lipinski definition) is 3. The highest BCUT2D eigenvalue weighted by atomic mass is 16.6. The number of benzene rings is 1. The van der Waals surface area contributed by atoms with Crippen LogP contribution >= 0.6 is 0 Å². The summed E-state index contributed by atoms with van der Waals surface area (Å²) in [5.74, 6) is 0. The van der Waals surface area contributed by atoms with E-state index in [0.717, 1.165) is 11.1 Å². The van der Waals surface area contributed by atoms with Crippen molar-refractivity contribution in [3.63, 3.8) is 0 Å². The molecule has 1 aromatic carbocycles. The highest BCUT2D eigenvalue weighted by Gasteiger charge is 2.27. The maximum atomic E-state index is 11.8. The highest BCUT2D eigenvalue weighted by Crippen LogP contribution is 2.26. The summed E-state index contributed by atoms with van der Waals surface area (Å²) in [6, 6.07) is 7.41. The molecule has 2 atom stereocenters. The Kier molecular flexibility index (Phi) is 6.19.